The molecular weight excluding hydrogens is 430 g/mol. The molecule has 0 fully saturated rings. The van der Waals surface area contributed by atoms with Gasteiger partial charge in [-0.1, -0.05) is 12.6 Å². The monoisotopic (exact) mass is 459 g/mol. The SMILES string of the molecule is C=C(C(=O)OCC)C(Nc1cc(OC)c(OC)c(OC)c1)c1ccc(OC)c(C(=O)OC)c1. The van der Waals surface area contributed by atoms with E-state index in [1.165, 1.54) is 35.5 Å². The van der Waals surface area contributed by atoms with Crippen LogP contribution in [0.3, 0.4) is 0 Å². The molecule has 9 heteroatoms. The van der Waals surface area contributed by atoms with Crippen molar-refractivity contribution < 1.29 is 38.0 Å². The summed E-state index contributed by atoms with van der Waals surface area (Å²) in [6.07, 6.45) is 0. The average molecular weight is 459 g/mol. The first-order valence-electron chi connectivity index (χ1n) is 10.0. The first-order chi connectivity index (χ1) is 15.8. The lowest BCUT2D eigenvalue weighted by atomic mass is 9.97. The Labute approximate surface area is 193 Å². The molecule has 1 N–H and O–H groups in total. The molecule has 1 atom stereocenters. The Balaban J connectivity index is 2.61. The Bertz CT molecular complexity index is 993. The van der Waals surface area contributed by atoms with E-state index < -0.39 is 18.0 Å². The zero-order valence-corrected chi connectivity index (χ0v) is 19.6. The molecule has 2 aromatic carbocycles. The van der Waals surface area contributed by atoms with Crippen molar-refractivity contribution in [2.75, 3.05) is 47.5 Å². The van der Waals surface area contributed by atoms with Crippen LogP contribution in [0.5, 0.6) is 23.0 Å². The summed E-state index contributed by atoms with van der Waals surface area (Å²) in [4.78, 5) is 24.8. The second-order valence-electron chi connectivity index (χ2n) is 6.69. The first kappa shape index (κ1) is 25.4. The van der Waals surface area contributed by atoms with Crippen LogP contribution in [0.4, 0.5) is 5.69 Å². The van der Waals surface area contributed by atoms with Gasteiger partial charge in [-0.25, -0.2) is 9.59 Å². The summed E-state index contributed by atoms with van der Waals surface area (Å²) in [5.74, 6) is 0.428. The van der Waals surface area contributed by atoms with Gasteiger partial charge < -0.3 is 33.7 Å². The summed E-state index contributed by atoms with van der Waals surface area (Å²) in [5.41, 5.74) is 1.44. The number of rotatable bonds is 11. The average Bonchev–Trinajstić information content (AvgIpc) is 2.85. The number of methoxy groups -OCH3 is 5. The smallest absolute Gasteiger partial charge is 0.341 e. The molecule has 0 bridgehead atoms. The predicted molar refractivity (Wildman–Crippen MR) is 123 cm³/mol. The second kappa shape index (κ2) is 11.7. The number of anilines is 1. The first-order valence-corrected chi connectivity index (χ1v) is 10.0. The fraction of sp³-hybridized carbons (Fsp3) is 0.333. The molecule has 9 nitrogen and oxygen atoms in total. The maximum absolute atomic E-state index is 12.5. The van der Waals surface area contributed by atoms with Crippen molar-refractivity contribution in [3.63, 3.8) is 0 Å². The Hall–Kier alpha value is -3.88. The van der Waals surface area contributed by atoms with Gasteiger partial charge in [-0.2, -0.15) is 0 Å². The highest BCUT2D eigenvalue weighted by atomic mass is 16.5. The minimum Gasteiger partial charge on any atom is -0.496 e. The second-order valence-corrected chi connectivity index (χ2v) is 6.69. The van der Waals surface area contributed by atoms with E-state index in [-0.39, 0.29) is 17.7 Å². The van der Waals surface area contributed by atoms with Crippen LogP contribution in [-0.2, 0) is 14.3 Å². The minimum atomic E-state index is -0.763. The molecule has 0 aromatic heterocycles. The molecule has 178 valence electrons. The van der Waals surface area contributed by atoms with Crippen LogP contribution in [0.15, 0.2) is 42.5 Å². The van der Waals surface area contributed by atoms with Gasteiger partial charge in [-0.3, -0.25) is 0 Å². The van der Waals surface area contributed by atoms with Crippen LogP contribution < -0.4 is 24.3 Å². The van der Waals surface area contributed by atoms with Crippen molar-refractivity contribution in [1.82, 2.24) is 0 Å². The number of carbonyl (C=O) groups is 2. The van der Waals surface area contributed by atoms with E-state index in [1.807, 2.05) is 0 Å². The number of ether oxygens (including phenoxy) is 6. The summed E-state index contributed by atoms with van der Waals surface area (Å²) in [6.45, 7) is 5.82. The third-order valence-electron chi connectivity index (χ3n) is 4.82. The van der Waals surface area contributed by atoms with E-state index in [2.05, 4.69) is 11.9 Å². The Morgan fingerprint density at radius 2 is 1.52 bits per heavy atom. The van der Waals surface area contributed by atoms with Crippen LogP contribution >= 0.6 is 0 Å². The molecular formula is C24H29NO8. The van der Waals surface area contributed by atoms with Gasteiger partial charge in [0, 0.05) is 17.8 Å². The van der Waals surface area contributed by atoms with E-state index >= 15 is 0 Å². The lowest BCUT2D eigenvalue weighted by Gasteiger charge is -2.24. The highest BCUT2D eigenvalue weighted by molar-refractivity contribution is 5.94. The van der Waals surface area contributed by atoms with Gasteiger partial charge in [-0.15, -0.1) is 0 Å². The van der Waals surface area contributed by atoms with Crippen LogP contribution in [0.25, 0.3) is 0 Å². The maximum atomic E-state index is 12.5. The highest BCUT2D eigenvalue weighted by Gasteiger charge is 2.26. The number of esters is 2. The van der Waals surface area contributed by atoms with E-state index in [0.717, 1.165) is 0 Å². The fourth-order valence-electron chi connectivity index (χ4n) is 3.22. The quantitative estimate of drug-likeness (QED) is 0.397. The van der Waals surface area contributed by atoms with Crippen molar-refractivity contribution in [1.29, 1.82) is 0 Å². The van der Waals surface area contributed by atoms with Gasteiger partial charge in [0.15, 0.2) is 11.5 Å². The largest absolute Gasteiger partial charge is 0.496 e. The van der Waals surface area contributed by atoms with E-state index in [0.29, 0.717) is 34.2 Å². The van der Waals surface area contributed by atoms with Crippen molar-refractivity contribution in [3.05, 3.63) is 53.6 Å². The van der Waals surface area contributed by atoms with Gasteiger partial charge >= 0.3 is 11.9 Å². The number of hydrogen-bond donors (Lipinski definition) is 1. The lowest BCUT2D eigenvalue weighted by molar-refractivity contribution is -0.138. The number of carbonyl (C=O) groups excluding carboxylic acids is 2. The normalized spacial score (nSPS) is 11.1. The van der Waals surface area contributed by atoms with Crippen molar-refractivity contribution >= 4 is 17.6 Å². The molecule has 2 aromatic rings. The molecule has 0 amide bonds. The van der Waals surface area contributed by atoms with Crippen molar-refractivity contribution in [2.45, 2.75) is 13.0 Å². The summed E-state index contributed by atoms with van der Waals surface area (Å²) in [6, 6.07) is 7.52. The Kier molecular flexibility index (Phi) is 8.97. The van der Waals surface area contributed by atoms with Crippen LogP contribution in [0.1, 0.15) is 28.9 Å². The minimum absolute atomic E-state index is 0.131. The Morgan fingerprint density at radius 3 is 2.00 bits per heavy atom. The van der Waals surface area contributed by atoms with Gasteiger partial charge in [0.05, 0.1) is 53.8 Å². The van der Waals surface area contributed by atoms with Gasteiger partial charge in [-0.05, 0) is 24.6 Å². The highest BCUT2D eigenvalue weighted by Crippen LogP contribution is 2.41. The summed E-state index contributed by atoms with van der Waals surface area (Å²) >= 11 is 0. The zero-order chi connectivity index (χ0) is 24.5. The van der Waals surface area contributed by atoms with Crippen molar-refractivity contribution in [2.24, 2.45) is 0 Å². The summed E-state index contributed by atoms with van der Waals surface area (Å²) in [5, 5.41) is 3.25. The fourth-order valence-corrected chi connectivity index (χ4v) is 3.22. The number of nitrogens with one attached hydrogen (secondary N) is 1. The number of benzene rings is 2. The van der Waals surface area contributed by atoms with Crippen LogP contribution in [0.2, 0.25) is 0 Å². The summed E-state index contributed by atoms with van der Waals surface area (Å²) in [7, 11) is 7.23. The standard InChI is InChI=1S/C24H29NO8/c1-8-33-23(26)14(2)21(15-9-10-18(28-3)17(11-15)24(27)32-7)25-16-12-19(29-4)22(31-6)20(13-16)30-5/h9-13,21,25H,2,8H2,1,3-7H3. The third kappa shape index (κ3) is 5.68. The van der Waals surface area contributed by atoms with Crippen molar-refractivity contribution in [3.8, 4) is 23.0 Å². The molecule has 0 aliphatic carbocycles. The number of hydrogen-bond acceptors (Lipinski definition) is 9. The zero-order valence-electron chi connectivity index (χ0n) is 19.6. The third-order valence-corrected chi connectivity index (χ3v) is 4.82. The molecule has 2 rings (SSSR count). The molecule has 0 radical (unpaired) electrons. The molecule has 0 saturated carbocycles. The van der Waals surface area contributed by atoms with Crippen LogP contribution in [-0.4, -0.2) is 54.1 Å². The molecule has 0 heterocycles. The van der Waals surface area contributed by atoms with Gasteiger partial charge in [0.2, 0.25) is 5.75 Å². The molecule has 0 spiro atoms. The lowest BCUT2D eigenvalue weighted by Crippen LogP contribution is -2.21. The van der Waals surface area contributed by atoms with Crippen LogP contribution in [0, 0.1) is 0 Å². The van der Waals surface area contributed by atoms with E-state index in [4.69, 9.17) is 28.4 Å². The predicted octanol–water partition coefficient (Wildman–Crippen LogP) is 3.78. The molecule has 33 heavy (non-hydrogen) atoms. The Morgan fingerprint density at radius 1 is 0.909 bits per heavy atom. The topological polar surface area (TPSA) is 102 Å². The molecule has 0 aliphatic heterocycles. The van der Waals surface area contributed by atoms with Gasteiger partial charge in [0.25, 0.3) is 0 Å². The van der Waals surface area contributed by atoms with Gasteiger partial charge in [0.1, 0.15) is 11.3 Å². The maximum Gasteiger partial charge on any atom is 0.341 e. The molecule has 1 unspecified atom stereocenters. The molecule has 0 saturated heterocycles. The molecule has 0 aliphatic rings. The van der Waals surface area contributed by atoms with E-state index in [9.17, 15) is 9.59 Å². The summed E-state index contributed by atoms with van der Waals surface area (Å²) < 4.78 is 31.5. The van der Waals surface area contributed by atoms with E-state index in [1.54, 1.807) is 37.3 Å².